The maximum atomic E-state index is 12.9. The Morgan fingerprint density at radius 3 is 2.40 bits per heavy atom. The lowest BCUT2D eigenvalue weighted by Gasteiger charge is -2.19. The van der Waals surface area contributed by atoms with Crippen LogP contribution in [0, 0.1) is 5.82 Å². The van der Waals surface area contributed by atoms with E-state index in [9.17, 15) is 14.0 Å². The molecule has 0 aliphatic heterocycles. The van der Waals surface area contributed by atoms with Gasteiger partial charge in [-0.05, 0) is 31.2 Å². The summed E-state index contributed by atoms with van der Waals surface area (Å²) in [5, 5.41) is 2.84. The van der Waals surface area contributed by atoms with E-state index >= 15 is 0 Å². The lowest BCUT2D eigenvalue weighted by molar-refractivity contribution is -0.143. The maximum absolute atomic E-state index is 12.9. The van der Waals surface area contributed by atoms with Crippen LogP contribution in [0.1, 0.15) is 20.3 Å². The third-order valence-corrected chi connectivity index (χ3v) is 2.71. The van der Waals surface area contributed by atoms with Crippen molar-refractivity contribution >= 4 is 17.4 Å². The van der Waals surface area contributed by atoms with Gasteiger partial charge in [-0.1, -0.05) is 13.5 Å². The summed E-state index contributed by atoms with van der Waals surface area (Å²) in [5.41, 5.74) is 0.643. The van der Waals surface area contributed by atoms with E-state index in [1.165, 1.54) is 24.3 Å². The lowest BCUT2D eigenvalue weighted by atomic mass is 10.0. The number of esters is 1. The number of hydrogen-bond donors (Lipinski definition) is 1. The Kier molecular flexibility index (Phi) is 5.90. The van der Waals surface area contributed by atoms with E-state index in [4.69, 9.17) is 4.74 Å². The molecular weight excluding hydrogens is 261 g/mol. The van der Waals surface area contributed by atoms with Crippen molar-refractivity contribution in [1.29, 1.82) is 0 Å². The molecule has 0 aliphatic rings. The third-order valence-electron chi connectivity index (χ3n) is 2.71. The van der Waals surface area contributed by atoms with Crippen molar-refractivity contribution in [3.8, 4) is 0 Å². The van der Waals surface area contributed by atoms with E-state index in [0.717, 1.165) is 0 Å². The standard InChI is InChI=1S/C15H18FNO3/c1-4-13(18)10(3)14(15(19)20-5-2)17-12-8-6-11(16)7-9-12/h6-9,14,17H,3-5H2,1-2H3. The minimum atomic E-state index is -0.965. The number of Topliss-reactive ketones (excluding diaryl/α,β-unsaturated/α-hetero) is 1. The molecule has 0 heterocycles. The van der Waals surface area contributed by atoms with Crippen LogP contribution in [0.4, 0.5) is 10.1 Å². The molecule has 1 aromatic carbocycles. The van der Waals surface area contributed by atoms with Gasteiger partial charge in [-0.25, -0.2) is 9.18 Å². The highest BCUT2D eigenvalue weighted by molar-refractivity contribution is 6.02. The normalized spacial score (nSPS) is 11.6. The fourth-order valence-electron chi connectivity index (χ4n) is 1.61. The minimum absolute atomic E-state index is 0.135. The number of halogens is 1. The fraction of sp³-hybridized carbons (Fsp3) is 0.333. The minimum Gasteiger partial charge on any atom is -0.464 e. The van der Waals surface area contributed by atoms with E-state index in [-0.39, 0.29) is 30.2 Å². The Balaban J connectivity index is 2.92. The topological polar surface area (TPSA) is 55.4 Å². The van der Waals surface area contributed by atoms with Crippen LogP contribution < -0.4 is 5.32 Å². The molecule has 0 aliphatic carbocycles. The molecule has 1 atom stereocenters. The van der Waals surface area contributed by atoms with Crippen LogP contribution in [0.2, 0.25) is 0 Å². The van der Waals surface area contributed by atoms with Crippen molar-refractivity contribution in [2.24, 2.45) is 0 Å². The highest BCUT2D eigenvalue weighted by atomic mass is 19.1. The summed E-state index contributed by atoms with van der Waals surface area (Å²) in [6, 6.07) is 4.51. The van der Waals surface area contributed by atoms with Crippen LogP contribution in [0.5, 0.6) is 0 Å². The van der Waals surface area contributed by atoms with Crippen LogP contribution >= 0.6 is 0 Å². The predicted molar refractivity (Wildman–Crippen MR) is 74.9 cm³/mol. The molecule has 0 fully saturated rings. The molecule has 0 aromatic heterocycles. The van der Waals surface area contributed by atoms with Crippen LogP contribution in [-0.4, -0.2) is 24.4 Å². The van der Waals surface area contributed by atoms with Crippen molar-refractivity contribution in [3.63, 3.8) is 0 Å². The van der Waals surface area contributed by atoms with Gasteiger partial charge in [-0.2, -0.15) is 0 Å². The largest absolute Gasteiger partial charge is 0.464 e. The Labute approximate surface area is 117 Å². The zero-order valence-corrected chi connectivity index (χ0v) is 11.6. The zero-order valence-electron chi connectivity index (χ0n) is 11.6. The molecule has 0 saturated carbocycles. The van der Waals surface area contributed by atoms with Gasteiger partial charge in [0.2, 0.25) is 0 Å². The van der Waals surface area contributed by atoms with E-state index in [1.54, 1.807) is 13.8 Å². The molecule has 1 N–H and O–H groups in total. The second-order valence-corrected chi connectivity index (χ2v) is 4.14. The van der Waals surface area contributed by atoms with Crippen molar-refractivity contribution in [1.82, 2.24) is 0 Å². The van der Waals surface area contributed by atoms with E-state index in [2.05, 4.69) is 11.9 Å². The average Bonchev–Trinajstić information content (AvgIpc) is 2.45. The second kappa shape index (κ2) is 7.43. The van der Waals surface area contributed by atoms with Crippen LogP contribution in [-0.2, 0) is 14.3 Å². The van der Waals surface area contributed by atoms with Crippen LogP contribution in [0.15, 0.2) is 36.4 Å². The van der Waals surface area contributed by atoms with Gasteiger partial charge in [0.15, 0.2) is 11.8 Å². The molecule has 1 unspecified atom stereocenters. The van der Waals surface area contributed by atoms with E-state index in [0.29, 0.717) is 5.69 Å². The SMILES string of the molecule is C=C(C(=O)CC)C(Nc1ccc(F)cc1)C(=O)OCC. The van der Waals surface area contributed by atoms with Crippen molar-refractivity contribution in [3.05, 3.63) is 42.2 Å². The summed E-state index contributed by atoms with van der Waals surface area (Å²) in [6.45, 7) is 7.22. The Hall–Kier alpha value is -2.17. The Morgan fingerprint density at radius 2 is 1.90 bits per heavy atom. The summed E-state index contributed by atoms with van der Waals surface area (Å²) in [4.78, 5) is 23.6. The van der Waals surface area contributed by atoms with Crippen LogP contribution in [0.25, 0.3) is 0 Å². The monoisotopic (exact) mass is 279 g/mol. The highest BCUT2D eigenvalue weighted by Gasteiger charge is 2.26. The second-order valence-electron chi connectivity index (χ2n) is 4.14. The predicted octanol–water partition coefficient (Wildman–Crippen LogP) is 2.70. The summed E-state index contributed by atoms with van der Waals surface area (Å²) in [7, 11) is 0. The molecule has 4 nitrogen and oxygen atoms in total. The first-order valence-corrected chi connectivity index (χ1v) is 6.40. The van der Waals surface area contributed by atoms with Crippen molar-refractivity contribution in [2.45, 2.75) is 26.3 Å². The van der Waals surface area contributed by atoms with Crippen molar-refractivity contribution < 1.29 is 18.7 Å². The first-order chi connectivity index (χ1) is 9.49. The molecule has 1 aromatic rings. The lowest BCUT2D eigenvalue weighted by Crippen LogP contribution is -2.35. The maximum Gasteiger partial charge on any atom is 0.333 e. The molecule has 0 amide bonds. The first kappa shape index (κ1) is 15.9. The van der Waals surface area contributed by atoms with Gasteiger partial charge in [-0.3, -0.25) is 4.79 Å². The van der Waals surface area contributed by atoms with Crippen LogP contribution in [0.3, 0.4) is 0 Å². The highest BCUT2D eigenvalue weighted by Crippen LogP contribution is 2.15. The number of rotatable bonds is 7. The number of benzene rings is 1. The Morgan fingerprint density at radius 1 is 1.30 bits per heavy atom. The number of carbonyl (C=O) groups is 2. The van der Waals surface area contributed by atoms with E-state index in [1.807, 2.05) is 0 Å². The van der Waals surface area contributed by atoms with Gasteiger partial charge in [0.25, 0.3) is 0 Å². The number of ether oxygens (including phenoxy) is 1. The van der Waals surface area contributed by atoms with Crippen molar-refractivity contribution in [2.75, 3.05) is 11.9 Å². The molecule has 1 rings (SSSR count). The Bertz CT molecular complexity index is 496. The number of anilines is 1. The molecule has 5 heteroatoms. The quantitative estimate of drug-likeness (QED) is 0.616. The number of nitrogens with one attached hydrogen (secondary N) is 1. The number of hydrogen-bond acceptors (Lipinski definition) is 4. The van der Waals surface area contributed by atoms with Gasteiger partial charge >= 0.3 is 5.97 Å². The van der Waals surface area contributed by atoms with Gasteiger partial charge in [0.05, 0.1) is 6.61 Å². The number of ketones is 1. The molecule has 0 bridgehead atoms. The van der Waals surface area contributed by atoms with E-state index < -0.39 is 12.0 Å². The summed E-state index contributed by atoms with van der Waals surface area (Å²) < 4.78 is 17.8. The van der Waals surface area contributed by atoms with Gasteiger partial charge in [-0.15, -0.1) is 0 Å². The number of carbonyl (C=O) groups excluding carboxylic acids is 2. The average molecular weight is 279 g/mol. The van der Waals surface area contributed by atoms with Gasteiger partial charge in [0, 0.05) is 17.7 Å². The van der Waals surface area contributed by atoms with Gasteiger partial charge < -0.3 is 10.1 Å². The molecule has 0 radical (unpaired) electrons. The van der Waals surface area contributed by atoms with Gasteiger partial charge in [0.1, 0.15) is 5.82 Å². The smallest absolute Gasteiger partial charge is 0.333 e. The fourth-order valence-corrected chi connectivity index (χ4v) is 1.61. The summed E-state index contributed by atoms with van der Waals surface area (Å²) in [5.74, 6) is -1.19. The molecule has 0 saturated heterocycles. The third kappa shape index (κ3) is 4.19. The summed E-state index contributed by atoms with van der Waals surface area (Å²) in [6.07, 6.45) is 0.250. The zero-order chi connectivity index (χ0) is 15.1. The molecule has 20 heavy (non-hydrogen) atoms. The molecular formula is C15H18FNO3. The molecule has 0 spiro atoms. The molecule has 108 valence electrons. The summed E-state index contributed by atoms with van der Waals surface area (Å²) >= 11 is 0. The first-order valence-electron chi connectivity index (χ1n) is 6.40.